The lowest BCUT2D eigenvalue weighted by molar-refractivity contribution is -0.121. The van der Waals surface area contributed by atoms with Gasteiger partial charge in [-0.3, -0.25) is 9.79 Å². The molecule has 4 N–H and O–H groups in total. The van der Waals surface area contributed by atoms with Crippen LogP contribution in [0.2, 0.25) is 0 Å². The maximum atomic E-state index is 11.8. The minimum Gasteiger partial charge on any atom is -0.370 e. The molecule has 0 fully saturated rings. The van der Waals surface area contributed by atoms with Gasteiger partial charge in [-0.2, -0.15) is 0 Å². The van der Waals surface area contributed by atoms with Gasteiger partial charge in [0.25, 0.3) is 0 Å². The lowest BCUT2D eigenvalue weighted by atomic mass is 10.2. The number of benzene rings is 2. The van der Waals surface area contributed by atoms with Crippen LogP contribution >= 0.6 is 24.0 Å². The van der Waals surface area contributed by atoms with Crippen LogP contribution in [0.1, 0.15) is 17.5 Å². The molecule has 0 aliphatic carbocycles. The van der Waals surface area contributed by atoms with Crippen LogP contribution in [0, 0.1) is 6.92 Å². The van der Waals surface area contributed by atoms with E-state index in [1.54, 1.807) is 0 Å². The van der Waals surface area contributed by atoms with Gasteiger partial charge in [0.05, 0.1) is 6.54 Å². The highest BCUT2D eigenvalue weighted by atomic mass is 127. The summed E-state index contributed by atoms with van der Waals surface area (Å²) in [6.45, 7) is 2.90. The Balaban J connectivity index is 0.00000288. The molecular weight excluding hydrogens is 415 g/mol. The zero-order valence-corrected chi connectivity index (χ0v) is 16.0. The third-order valence-electron chi connectivity index (χ3n) is 3.28. The van der Waals surface area contributed by atoms with Crippen molar-refractivity contribution < 1.29 is 4.79 Å². The number of aliphatic imine (C=N–C) groups is 1. The van der Waals surface area contributed by atoms with Crippen molar-refractivity contribution in [2.75, 3.05) is 11.9 Å². The number of nitrogens with one attached hydrogen (secondary N) is 2. The van der Waals surface area contributed by atoms with Crippen molar-refractivity contribution >= 4 is 41.5 Å². The molecule has 0 aliphatic rings. The van der Waals surface area contributed by atoms with Crippen LogP contribution in [0.4, 0.5) is 5.69 Å². The molecule has 0 heterocycles. The molecule has 5 nitrogen and oxygen atoms in total. The quantitative estimate of drug-likeness (QED) is 0.369. The molecular formula is C18H23IN4O. The third kappa shape index (κ3) is 7.45. The first-order valence-electron chi connectivity index (χ1n) is 7.58. The van der Waals surface area contributed by atoms with E-state index in [0.29, 0.717) is 25.5 Å². The minimum absolute atomic E-state index is 0. The maximum absolute atomic E-state index is 11.8. The Morgan fingerprint density at radius 3 is 2.42 bits per heavy atom. The highest BCUT2D eigenvalue weighted by Crippen LogP contribution is 2.07. The van der Waals surface area contributed by atoms with Crippen LogP contribution < -0.4 is 16.4 Å². The first kappa shape index (κ1) is 20.0. The van der Waals surface area contributed by atoms with Gasteiger partial charge < -0.3 is 16.4 Å². The predicted octanol–water partition coefficient (Wildman–Crippen LogP) is 3.05. The summed E-state index contributed by atoms with van der Waals surface area (Å²) < 4.78 is 0. The van der Waals surface area contributed by atoms with Gasteiger partial charge in [-0.15, -0.1) is 24.0 Å². The number of carbonyl (C=O) groups excluding carboxylic acids is 1. The summed E-state index contributed by atoms with van der Waals surface area (Å²) in [6.07, 6.45) is 0.309. The number of nitrogens with two attached hydrogens (primary N) is 1. The first-order valence-corrected chi connectivity index (χ1v) is 7.58. The topological polar surface area (TPSA) is 79.5 Å². The molecule has 24 heavy (non-hydrogen) atoms. The second kappa shape index (κ2) is 10.6. The van der Waals surface area contributed by atoms with E-state index >= 15 is 0 Å². The van der Waals surface area contributed by atoms with Crippen molar-refractivity contribution in [2.24, 2.45) is 10.7 Å². The number of amides is 1. The summed E-state index contributed by atoms with van der Waals surface area (Å²) in [4.78, 5) is 15.9. The van der Waals surface area contributed by atoms with E-state index in [-0.39, 0.29) is 29.9 Å². The summed E-state index contributed by atoms with van der Waals surface area (Å²) >= 11 is 0. The van der Waals surface area contributed by atoms with Gasteiger partial charge in [0.15, 0.2) is 5.96 Å². The fourth-order valence-corrected chi connectivity index (χ4v) is 1.99. The highest BCUT2D eigenvalue weighted by molar-refractivity contribution is 14.0. The summed E-state index contributed by atoms with van der Waals surface area (Å²) in [5, 5.41) is 5.86. The maximum Gasteiger partial charge on any atom is 0.222 e. The van der Waals surface area contributed by atoms with Crippen molar-refractivity contribution in [3.63, 3.8) is 0 Å². The molecule has 0 aromatic heterocycles. The number of aryl methyl sites for hydroxylation is 1. The zero-order chi connectivity index (χ0) is 16.5. The number of rotatable bonds is 6. The van der Waals surface area contributed by atoms with Crippen LogP contribution in [0.5, 0.6) is 0 Å². The average molecular weight is 438 g/mol. The number of carbonyl (C=O) groups is 1. The van der Waals surface area contributed by atoms with E-state index in [4.69, 9.17) is 5.73 Å². The molecule has 0 saturated carbocycles. The lowest BCUT2D eigenvalue weighted by Crippen LogP contribution is -2.25. The van der Waals surface area contributed by atoms with Crippen LogP contribution in [0.3, 0.4) is 0 Å². The number of hydrogen-bond donors (Lipinski definition) is 3. The standard InChI is InChI=1S/C18H22N4O.HI/c1-14-7-9-16(10-8-14)22-18(19)20-12-11-17(23)21-13-15-5-3-2-4-6-15;/h2-10H,11-13H2,1H3,(H,21,23)(H3,19,20,22);1H. The monoisotopic (exact) mass is 438 g/mol. The number of guanidine groups is 1. The van der Waals surface area contributed by atoms with Crippen molar-refractivity contribution in [3.8, 4) is 0 Å². The lowest BCUT2D eigenvalue weighted by Gasteiger charge is -2.06. The largest absolute Gasteiger partial charge is 0.370 e. The smallest absolute Gasteiger partial charge is 0.222 e. The second-order valence-electron chi connectivity index (χ2n) is 5.27. The number of hydrogen-bond acceptors (Lipinski definition) is 2. The Morgan fingerprint density at radius 2 is 1.75 bits per heavy atom. The van der Waals surface area contributed by atoms with Crippen molar-refractivity contribution in [3.05, 3.63) is 65.7 Å². The average Bonchev–Trinajstić information content (AvgIpc) is 2.56. The van der Waals surface area contributed by atoms with Crippen LogP contribution in [-0.2, 0) is 11.3 Å². The Kier molecular flexibility index (Phi) is 8.85. The zero-order valence-electron chi connectivity index (χ0n) is 13.7. The van der Waals surface area contributed by atoms with Gasteiger partial charge in [-0.05, 0) is 24.6 Å². The molecule has 0 atom stereocenters. The summed E-state index contributed by atoms with van der Waals surface area (Å²) in [5.74, 6) is 0.269. The molecule has 0 saturated heterocycles. The molecule has 0 bridgehead atoms. The fraction of sp³-hybridized carbons (Fsp3) is 0.222. The van der Waals surface area contributed by atoms with E-state index < -0.39 is 0 Å². The van der Waals surface area contributed by atoms with Gasteiger partial charge >= 0.3 is 0 Å². The minimum atomic E-state index is -0.0410. The van der Waals surface area contributed by atoms with Crippen LogP contribution in [0.15, 0.2) is 59.6 Å². The van der Waals surface area contributed by atoms with Crippen LogP contribution in [0.25, 0.3) is 0 Å². The number of anilines is 1. The summed E-state index contributed by atoms with van der Waals surface area (Å²) in [6, 6.07) is 17.6. The van der Waals surface area contributed by atoms with Crippen molar-refractivity contribution in [2.45, 2.75) is 19.9 Å². The summed E-state index contributed by atoms with van der Waals surface area (Å²) in [5.41, 5.74) is 8.94. The molecule has 0 radical (unpaired) electrons. The normalized spacial score (nSPS) is 10.6. The fourth-order valence-electron chi connectivity index (χ4n) is 1.99. The predicted molar refractivity (Wildman–Crippen MR) is 110 cm³/mol. The van der Waals surface area contributed by atoms with Gasteiger partial charge in [0, 0.05) is 18.7 Å². The SMILES string of the molecule is Cc1ccc(NC(N)=NCCC(=O)NCc2ccccc2)cc1.I. The third-order valence-corrected chi connectivity index (χ3v) is 3.28. The first-order chi connectivity index (χ1) is 11.1. The van der Waals surface area contributed by atoms with Gasteiger partial charge in [0.2, 0.25) is 5.91 Å². The molecule has 2 aromatic carbocycles. The molecule has 6 heteroatoms. The van der Waals surface area contributed by atoms with Crippen molar-refractivity contribution in [1.82, 2.24) is 5.32 Å². The van der Waals surface area contributed by atoms with E-state index in [9.17, 15) is 4.79 Å². The molecule has 0 aliphatic heterocycles. The Hall–Kier alpha value is -2.09. The van der Waals surface area contributed by atoms with Gasteiger partial charge in [0.1, 0.15) is 0 Å². The second-order valence-corrected chi connectivity index (χ2v) is 5.27. The van der Waals surface area contributed by atoms with E-state index in [1.807, 2.05) is 61.5 Å². The Bertz CT molecular complexity index is 656. The van der Waals surface area contributed by atoms with Gasteiger partial charge in [-0.25, -0.2) is 0 Å². The van der Waals surface area contributed by atoms with Crippen LogP contribution in [-0.4, -0.2) is 18.4 Å². The number of halogens is 1. The summed E-state index contributed by atoms with van der Waals surface area (Å²) in [7, 11) is 0. The molecule has 0 spiro atoms. The number of nitrogens with zero attached hydrogens (tertiary/aromatic N) is 1. The van der Waals surface area contributed by atoms with Crippen molar-refractivity contribution in [1.29, 1.82) is 0 Å². The molecule has 2 aromatic rings. The van der Waals surface area contributed by atoms with E-state index in [2.05, 4.69) is 15.6 Å². The molecule has 128 valence electrons. The Labute approximate surface area is 159 Å². The molecule has 2 rings (SSSR count). The van der Waals surface area contributed by atoms with E-state index in [0.717, 1.165) is 11.3 Å². The van der Waals surface area contributed by atoms with E-state index in [1.165, 1.54) is 5.56 Å². The van der Waals surface area contributed by atoms with Gasteiger partial charge in [-0.1, -0.05) is 48.0 Å². The highest BCUT2D eigenvalue weighted by Gasteiger charge is 2.01. The Morgan fingerprint density at radius 1 is 1.08 bits per heavy atom. The molecule has 1 amide bonds. The molecule has 0 unspecified atom stereocenters.